The van der Waals surface area contributed by atoms with Crippen molar-refractivity contribution in [1.82, 2.24) is 9.97 Å². The lowest BCUT2D eigenvalue weighted by Gasteiger charge is -2.11. The van der Waals surface area contributed by atoms with E-state index in [4.69, 9.17) is 14.4 Å². The number of nitrogens with zero attached hydrogens (tertiary/aromatic N) is 2. The Morgan fingerprint density at radius 2 is 0.911 bits per heavy atom. The van der Waals surface area contributed by atoms with Gasteiger partial charge in [0.15, 0.2) is 5.82 Å². The highest BCUT2D eigenvalue weighted by molar-refractivity contribution is 6.13. The van der Waals surface area contributed by atoms with E-state index >= 15 is 0 Å². The molecule has 3 nitrogen and oxygen atoms in total. The van der Waals surface area contributed by atoms with Gasteiger partial charge in [0, 0.05) is 34.3 Å². The summed E-state index contributed by atoms with van der Waals surface area (Å²) >= 11 is 0. The number of hydrogen-bond donors (Lipinski definition) is 0. The molecule has 9 aromatic rings. The summed E-state index contributed by atoms with van der Waals surface area (Å²) in [6, 6.07) is 51.2. The van der Waals surface area contributed by atoms with Crippen LogP contribution in [-0.2, 0) is 0 Å². The highest BCUT2D eigenvalue weighted by Crippen LogP contribution is 2.36. The average Bonchev–Trinajstić information content (AvgIpc) is 3.50. The maximum atomic E-state index is 6.10. The fraction of sp³-hybridized carbons (Fsp3) is 0. The Bertz CT molecular complexity index is 2510. The number of fused-ring (bicyclic) bond motifs is 6. The van der Waals surface area contributed by atoms with Gasteiger partial charge in [0.05, 0.1) is 0 Å². The van der Waals surface area contributed by atoms with Crippen molar-refractivity contribution >= 4 is 43.5 Å². The van der Waals surface area contributed by atoms with Crippen LogP contribution in [0.15, 0.2) is 162 Å². The van der Waals surface area contributed by atoms with E-state index in [1.54, 1.807) is 0 Å². The van der Waals surface area contributed by atoms with Crippen molar-refractivity contribution in [3.8, 4) is 44.8 Å². The van der Waals surface area contributed by atoms with Crippen molar-refractivity contribution in [1.29, 1.82) is 0 Å². The molecule has 0 saturated heterocycles. The minimum absolute atomic E-state index is 0.712. The molecule has 45 heavy (non-hydrogen) atoms. The molecule has 0 aliphatic rings. The molecular formula is C42H26N2O. The third-order valence-electron chi connectivity index (χ3n) is 8.80. The van der Waals surface area contributed by atoms with E-state index in [9.17, 15) is 0 Å². The zero-order chi connectivity index (χ0) is 29.7. The van der Waals surface area contributed by atoms with Gasteiger partial charge in [-0.05, 0) is 73.6 Å². The summed E-state index contributed by atoms with van der Waals surface area (Å²) in [7, 11) is 0. The summed E-state index contributed by atoms with van der Waals surface area (Å²) < 4.78 is 6.10. The molecule has 0 fully saturated rings. The van der Waals surface area contributed by atoms with Crippen LogP contribution in [0.5, 0.6) is 0 Å². The first-order valence-corrected chi connectivity index (χ1v) is 15.1. The molecule has 2 aromatic heterocycles. The van der Waals surface area contributed by atoms with E-state index in [1.165, 1.54) is 32.7 Å². The molecule has 9 rings (SSSR count). The van der Waals surface area contributed by atoms with Gasteiger partial charge < -0.3 is 4.42 Å². The first-order valence-electron chi connectivity index (χ1n) is 15.1. The van der Waals surface area contributed by atoms with Gasteiger partial charge in [-0.3, -0.25) is 0 Å². The predicted molar refractivity (Wildman–Crippen MR) is 186 cm³/mol. The van der Waals surface area contributed by atoms with Gasteiger partial charge in [-0.15, -0.1) is 0 Å². The van der Waals surface area contributed by atoms with E-state index < -0.39 is 0 Å². The Hall–Kier alpha value is -6.06. The maximum Gasteiger partial charge on any atom is 0.159 e. The minimum atomic E-state index is 0.712. The summed E-state index contributed by atoms with van der Waals surface area (Å²) in [6.07, 6.45) is 3.81. The first-order chi connectivity index (χ1) is 22.3. The van der Waals surface area contributed by atoms with E-state index in [0.717, 1.165) is 49.8 Å². The fourth-order valence-corrected chi connectivity index (χ4v) is 6.48. The van der Waals surface area contributed by atoms with Crippen LogP contribution in [0.2, 0.25) is 0 Å². The number of aromatic nitrogens is 2. The standard InChI is InChI=1S/C42H26N2O/c1-2-8-34-32(7-1)23-39(36-10-4-3-9-35(34)36)29-17-19-30(20-18-29)42-43-25-33(26-44-42)28-15-13-27(14-16-28)31-21-22-38-37-11-5-6-12-40(37)45-41(38)24-31/h1-26H. The Balaban J connectivity index is 0.975. The Morgan fingerprint density at radius 1 is 0.356 bits per heavy atom. The number of furan rings is 1. The van der Waals surface area contributed by atoms with Crippen molar-refractivity contribution in [3.05, 3.63) is 158 Å². The number of benzene rings is 7. The van der Waals surface area contributed by atoms with Crippen LogP contribution < -0.4 is 0 Å². The van der Waals surface area contributed by atoms with E-state index in [0.29, 0.717) is 5.82 Å². The molecular weight excluding hydrogens is 548 g/mol. The lowest BCUT2D eigenvalue weighted by molar-refractivity contribution is 0.669. The molecule has 210 valence electrons. The molecule has 0 amide bonds. The normalized spacial score (nSPS) is 11.6. The molecule has 0 radical (unpaired) electrons. The van der Waals surface area contributed by atoms with Crippen LogP contribution >= 0.6 is 0 Å². The molecule has 0 atom stereocenters. The smallest absolute Gasteiger partial charge is 0.159 e. The van der Waals surface area contributed by atoms with Crippen LogP contribution in [0, 0.1) is 0 Å². The van der Waals surface area contributed by atoms with Gasteiger partial charge in [0.2, 0.25) is 0 Å². The lowest BCUT2D eigenvalue weighted by atomic mass is 9.93. The Morgan fingerprint density at radius 3 is 1.69 bits per heavy atom. The molecule has 0 unspecified atom stereocenters. The SMILES string of the molecule is c1ccc2c(c1)cc(-c1ccc(-c3ncc(-c4ccc(-c5ccc6c(c5)oc5ccccc56)cc4)cn3)cc1)c1ccccc12. The molecule has 7 aromatic carbocycles. The molecule has 2 heterocycles. The Labute approximate surface area is 260 Å². The van der Waals surface area contributed by atoms with E-state index in [2.05, 4.69) is 127 Å². The zero-order valence-electron chi connectivity index (χ0n) is 24.3. The molecule has 0 bridgehead atoms. The highest BCUT2D eigenvalue weighted by atomic mass is 16.3. The van der Waals surface area contributed by atoms with Gasteiger partial charge in [0.25, 0.3) is 0 Å². The quantitative estimate of drug-likeness (QED) is 0.196. The van der Waals surface area contributed by atoms with Crippen molar-refractivity contribution in [3.63, 3.8) is 0 Å². The molecule has 0 spiro atoms. The second kappa shape index (κ2) is 10.3. The number of rotatable bonds is 4. The van der Waals surface area contributed by atoms with Crippen LogP contribution in [0.4, 0.5) is 0 Å². The second-order valence-corrected chi connectivity index (χ2v) is 11.5. The van der Waals surface area contributed by atoms with Gasteiger partial charge in [-0.25, -0.2) is 9.97 Å². The fourth-order valence-electron chi connectivity index (χ4n) is 6.48. The van der Waals surface area contributed by atoms with Crippen molar-refractivity contribution in [2.75, 3.05) is 0 Å². The molecule has 0 aliphatic carbocycles. The van der Waals surface area contributed by atoms with Crippen molar-refractivity contribution in [2.24, 2.45) is 0 Å². The molecule has 0 aliphatic heterocycles. The molecule has 3 heteroatoms. The predicted octanol–water partition coefficient (Wildman–Crippen LogP) is 11.4. The Kier molecular flexibility index (Phi) is 5.82. The van der Waals surface area contributed by atoms with Crippen LogP contribution in [0.3, 0.4) is 0 Å². The maximum absolute atomic E-state index is 6.10. The third-order valence-corrected chi connectivity index (χ3v) is 8.80. The lowest BCUT2D eigenvalue weighted by Crippen LogP contribution is -1.90. The summed E-state index contributed by atoms with van der Waals surface area (Å²) in [4.78, 5) is 9.46. The van der Waals surface area contributed by atoms with Crippen molar-refractivity contribution < 1.29 is 4.42 Å². The topological polar surface area (TPSA) is 38.9 Å². The number of hydrogen-bond acceptors (Lipinski definition) is 3. The second-order valence-electron chi connectivity index (χ2n) is 11.5. The van der Waals surface area contributed by atoms with Crippen LogP contribution in [0.1, 0.15) is 0 Å². The monoisotopic (exact) mass is 574 g/mol. The number of para-hydroxylation sites is 1. The highest BCUT2D eigenvalue weighted by Gasteiger charge is 2.11. The van der Waals surface area contributed by atoms with Crippen molar-refractivity contribution in [2.45, 2.75) is 0 Å². The summed E-state index contributed by atoms with van der Waals surface area (Å²) in [5.41, 5.74) is 9.54. The van der Waals surface area contributed by atoms with E-state index in [1.807, 2.05) is 30.6 Å². The average molecular weight is 575 g/mol. The van der Waals surface area contributed by atoms with Gasteiger partial charge >= 0.3 is 0 Å². The summed E-state index contributed by atoms with van der Waals surface area (Å²) in [6.45, 7) is 0. The van der Waals surface area contributed by atoms with Gasteiger partial charge in [-0.2, -0.15) is 0 Å². The molecule has 0 saturated carbocycles. The zero-order valence-corrected chi connectivity index (χ0v) is 24.3. The third kappa shape index (κ3) is 4.37. The van der Waals surface area contributed by atoms with Crippen LogP contribution in [-0.4, -0.2) is 9.97 Å². The van der Waals surface area contributed by atoms with E-state index in [-0.39, 0.29) is 0 Å². The minimum Gasteiger partial charge on any atom is -0.456 e. The first kappa shape index (κ1) is 25.4. The summed E-state index contributed by atoms with van der Waals surface area (Å²) in [5.74, 6) is 0.712. The van der Waals surface area contributed by atoms with Gasteiger partial charge in [-0.1, -0.05) is 121 Å². The largest absolute Gasteiger partial charge is 0.456 e. The molecule has 0 N–H and O–H groups in total. The summed E-state index contributed by atoms with van der Waals surface area (Å²) in [5, 5.41) is 7.34. The van der Waals surface area contributed by atoms with Crippen LogP contribution in [0.25, 0.3) is 88.3 Å². The van der Waals surface area contributed by atoms with Gasteiger partial charge in [0.1, 0.15) is 11.2 Å².